The number of hydrogen-bond donors (Lipinski definition) is 2. The molecule has 21 heavy (non-hydrogen) atoms. The van der Waals surface area contributed by atoms with Gasteiger partial charge in [0.1, 0.15) is 5.65 Å². The van der Waals surface area contributed by atoms with Crippen molar-refractivity contribution in [3.8, 4) is 0 Å². The predicted octanol–water partition coefficient (Wildman–Crippen LogP) is 2.44. The number of H-pyrrole nitrogens is 1. The van der Waals surface area contributed by atoms with Gasteiger partial charge in [0.15, 0.2) is 0 Å². The van der Waals surface area contributed by atoms with Crippen molar-refractivity contribution in [1.82, 2.24) is 9.38 Å². The van der Waals surface area contributed by atoms with Crippen LogP contribution in [0.5, 0.6) is 0 Å². The van der Waals surface area contributed by atoms with Gasteiger partial charge in [-0.15, -0.1) is 0 Å². The summed E-state index contributed by atoms with van der Waals surface area (Å²) in [5.41, 5.74) is 9.68. The molecule has 0 fully saturated rings. The van der Waals surface area contributed by atoms with Gasteiger partial charge < -0.3 is 10.7 Å². The van der Waals surface area contributed by atoms with Crippen LogP contribution in [0.25, 0.3) is 27.5 Å². The summed E-state index contributed by atoms with van der Waals surface area (Å²) in [5, 5.41) is 1.85. The Morgan fingerprint density at radius 2 is 1.57 bits per heavy atom. The van der Waals surface area contributed by atoms with Gasteiger partial charge in [-0.25, -0.2) is 0 Å². The van der Waals surface area contributed by atoms with E-state index in [2.05, 4.69) is 21.5 Å². The molecule has 4 nitrogen and oxygen atoms in total. The van der Waals surface area contributed by atoms with Gasteiger partial charge in [0.05, 0.1) is 16.4 Å². The summed E-state index contributed by atoms with van der Waals surface area (Å²) in [6, 6.07) is 15.9. The van der Waals surface area contributed by atoms with Crippen LogP contribution in [0.2, 0.25) is 0 Å². The molecule has 0 aliphatic carbocycles. The Morgan fingerprint density at radius 1 is 0.952 bits per heavy atom. The van der Waals surface area contributed by atoms with Gasteiger partial charge in [0, 0.05) is 10.9 Å². The molecule has 4 rings (SSSR count). The number of nitrogens with zero attached hydrogens (tertiary/aromatic N) is 1. The molecule has 0 aliphatic rings. The summed E-state index contributed by atoms with van der Waals surface area (Å²) in [4.78, 5) is 15.4. The number of aromatic amines is 1. The second-order valence-electron chi connectivity index (χ2n) is 5.19. The summed E-state index contributed by atoms with van der Waals surface area (Å²) in [6.07, 6.45) is 0.741. The van der Waals surface area contributed by atoms with Gasteiger partial charge in [0.2, 0.25) is 0 Å². The van der Waals surface area contributed by atoms with Crippen molar-refractivity contribution in [2.45, 2.75) is 6.42 Å². The van der Waals surface area contributed by atoms with Crippen LogP contribution in [-0.2, 0) is 6.42 Å². The fourth-order valence-corrected chi connectivity index (χ4v) is 3.12. The summed E-state index contributed by atoms with van der Waals surface area (Å²) in [7, 11) is 0. The van der Waals surface area contributed by atoms with E-state index in [9.17, 15) is 4.79 Å². The van der Waals surface area contributed by atoms with Gasteiger partial charge in [-0.3, -0.25) is 9.20 Å². The minimum Gasteiger partial charge on any atom is -0.330 e. The smallest absolute Gasteiger partial charge is 0.258 e. The molecule has 0 aliphatic heterocycles. The summed E-state index contributed by atoms with van der Waals surface area (Å²) in [6.45, 7) is 0.554. The first-order valence-electron chi connectivity index (χ1n) is 7.04. The van der Waals surface area contributed by atoms with Crippen LogP contribution in [0.4, 0.5) is 0 Å². The molecule has 0 amide bonds. The fraction of sp³-hybridized carbons (Fsp3) is 0.118. The lowest BCUT2D eigenvalue weighted by Gasteiger charge is -2.04. The van der Waals surface area contributed by atoms with Gasteiger partial charge in [-0.2, -0.15) is 0 Å². The number of fused-ring (bicyclic) bond motifs is 5. The molecule has 4 aromatic rings. The van der Waals surface area contributed by atoms with E-state index in [0.717, 1.165) is 34.1 Å². The average Bonchev–Trinajstić information content (AvgIpc) is 2.83. The number of nitrogens with two attached hydrogens (primary N) is 1. The molecule has 0 radical (unpaired) electrons. The van der Waals surface area contributed by atoms with E-state index in [1.165, 1.54) is 0 Å². The maximum Gasteiger partial charge on any atom is 0.258 e. The Morgan fingerprint density at radius 3 is 2.29 bits per heavy atom. The van der Waals surface area contributed by atoms with Gasteiger partial charge in [-0.1, -0.05) is 30.3 Å². The molecule has 2 heterocycles. The van der Waals surface area contributed by atoms with E-state index in [0.29, 0.717) is 11.9 Å². The lowest BCUT2D eigenvalue weighted by molar-refractivity contribution is 0.976. The SMILES string of the molecule is NCCc1c2ccccc2n2c1[nH]c(=O)c1ccccc12. The normalized spacial score (nSPS) is 11.7. The highest BCUT2D eigenvalue weighted by atomic mass is 16.1. The van der Waals surface area contributed by atoms with E-state index in [1.54, 1.807) is 0 Å². The summed E-state index contributed by atoms with van der Waals surface area (Å²) < 4.78 is 2.12. The Bertz CT molecular complexity index is 1030. The number of rotatable bonds is 2. The van der Waals surface area contributed by atoms with Crippen LogP contribution in [0, 0.1) is 0 Å². The van der Waals surface area contributed by atoms with Crippen molar-refractivity contribution in [1.29, 1.82) is 0 Å². The predicted molar refractivity (Wildman–Crippen MR) is 85.8 cm³/mol. The molecule has 4 heteroatoms. The maximum absolute atomic E-state index is 12.3. The Labute approximate surface area is 120 Å². The summed E-state index contributed by atoms with van der Waals surface area (Å²) in [5.74, 6) is 0. The zero-order chi connectivity index (χ0) is 14.4. The van der Waals surface area contributed by atoms with Crippen molar-refractivity contribution < 1.29 is 0 Å². The molecule has 3 N–H and O–H groups in total. The third-order valence-corrected chi connectivity index (χ3v) is 4.00. The average molecular weight is 277 g/mol. The quantitative estimate of drug-likeness (QED) is 0.591. The third-order valence-electron chi connectivity index (χ3n) is 4.00. The first-order valence-corrected chi connectivity index (χ1v) is 7.04. The second-order valence-corrected chi connectivity index (χ2v) is 5.19. The van der Waals surface area contributed by atoms with Gasteiger partial charge in [-0.05, 0) is 31.2 Å². The number of aromatic nitrogens is 2. The van der Waals surface area contributed by atoms with Crippen LogP contribution >= 0.6 is 0 Å². The fourth-order valence-electron chi connectivity index (χ4n) is 3.12. The molecule has 0 bridgehead atoms. The minimum atomic E-state index is -0.0563. The second kappa shape index (κ2) is 4.46. The van der Waals surface area contributed by atoms with E-state index >= 15 is 0 Å². The lowest BCUT2D eigenvalue weighted by Crippen LogP contribution is -2.11. The van der Waals surface area contributed by atoms with E-state index in [-0.39, 0.29) is 5.56 Å². The minimum absolute atomic E-state index is 0.0563. The standard InChI is InChI=1S/C17H15N3O/c18-10-9-12-11-5-1-3-7-14(11)20-15-8-4-2-6-13(15)17(21)19-16(12)20/h1-8H,9-10,18H2,(H,19,21). The Kier molecular flexibility index (Phi) is 2.59. The molecule has 0 atom stereocenters. The van der Waals surface area contributed by atoms with Gasteiger partial charge in [0.25, 0.3) is 5.56 Å². The van der Waals surface area contributed by atoms with E-state index < -0.39 is 0 Å². The highest BCUT2D eigenvalue weighted by Gasteiger charge is 2.14. The van der Waals surface area contributed by atoms with Crippen LogP contribution in [0.15, 0.2) is 53.3 Å². The van der Waals surface area contributed by atoms with Gasteiger partial charge >= 0.3 is 0 Å². The molecule has 2 aromatic heterocycles. The van der Waals surface area contributed by atoms with Crippen molar-refractivity contribution in [3.63, 3.8) is 0 Å². The zero-order valence-electron chi connectivity index (χ0n) is 11.5. The molecule has 0 saturated carbocycles. The van der Waals surface area contributed by atoms with E-state index in [1.807, 2.05) is 36.4 Å². The highest BCUT2D eigenvalue weighted by Crippen LogP contribution is 2.27. The first kappa shape index (κ1) is 12.2. The Hall–Kier alpha value is -2.59. The number of nitrogens with one attached hydrogen (secondary N) is 1. The first-order chi connectivity index (χ1) is 10.3. The molecule has 104 valence electrons. The van der Waals surface area contributed by atoms with Crippen LogP contribution in [-0.4, -0.2) is 15.9 Å². The topological polar surface area (TPSA) is 63.3 Å². The molecule has 0 spiro atoms. The van der Waals surface area contributed by atoms with Crippen molar-refractivity contribution >= 4 is 27.5 Å². The molecular formula is C17H15N3O. The molecule has 0 unspecified atom stereocenters. The molecule has 0 saturated heterocycles. The third kappa shape index (κ3) is 1.63. The number of hydrogen-bond acceptors (Lipinski definition) is 2. The van der Waals surface area contributed by atoms with Crippen molar-refractivity contribution in [3.05, 3.63) is 64.4 Å². The highest BCUT2D eigenvalue weighted by molar-refractivity contribution is 5.96. The van der Waals surface area contributed by atoms with Crippen LogP contribution in [0.3, 0.4) is 0 Å². The maximum atomic E-state index is 12.3. The monoisotopic (exact) mass is 277 g/mol. The molecular weight excluding hydrogens is 262 g/mol. The van der Waals surface area contributed by atoms with E-state index in [4.69, 9.17) is 5.73 Å². The molecule has 2 aromatic carbocycles. The number of benzene rings is 2. The van der Waals surface area contributed by atoms with Crippen molar-refractivity contribution in [2.75, 3.05) is 6.54 Å². The zero-order valence-corrected chi connectivity index (χ0v) is 11.5. The Balaban J connectivity index is 2.35. The van der Waals surface area contributed by atoms with Crippen LogP contribution < -0.4 is 11.3 Å². The number of para-hydroxylation sites is 2. The largest absolute Gasteiger partial charge is 0.330 e. The summed E-state index contributed by atoms with van der Waals surface area (Å²) >= 11 is 0. The lowest BCUT2D eigenvalue weighted by atomic mass is 10.1. The van der Waals surface area contributed by atoms with Crippen molar-refractivity contribution in [2.24, 2.45) is 5.73 Å². The van der Waals surface area contributed by atoms with Crippen LogP contribution in [0.1, 0.15) is 5.56 Å².